The lowest BCUT2D eigenvalue weighted by molar-refractivity contribution is -0.127. The van der Waals surface area contributed by atoms with Gasteiger partial charge in [-0.15, -0.1) is 0 Å². The Kier molecular flexibility index (Phi) is 5.76. The van der Waals surface area contributed by atoms with Gasteiger partial charge in [-0.3, -0.25) is 9.69 Å². The summed E-state index contributed by atoms with van der Waals surface area (Å²) >= 11 is 3.46. The Bertz CT molecular complexity index is 483. The molecule has 1 fully saturated rings. The number of rotatable bonds is 4. The summed E-state index contributed by atoms with van der Waals surface area (Å²) < 4.78 is 0.983. The molecule has 1 amide bonds. The molecule has 0 atom stereocenters. The molecule has 108 valence electrons. The molecule has 1 aliphatic heterocycles. The van der Waals surface area contributed by atoms with E-state index in [-0.39, 0.29) is 12.5 Å². The van der Waals surface area contributed by atoms with Crippen LogP contribution in [0.1, 0.15) is 5.56 Å². The Morgan fingerprint density at radius 3 is 2.60 bits per heavy atom. The van der Waals surface area contributed by atoms with E-state index in [0.717, 1.165) is 36.2 Å². The highest BCUT2D eigenvalue weighted by Crippen LogP contribution is 2.17. The number of amides is 1. The molecule has 1 aliphatic rings. The van der Waals surface area contributed by atoms with Crippen molar-refractivity contribution in [2.75, 3.05) is 39.3 Å². The fourth-order valence-corrected chi connectivity index (χ4v) is 2.63. The minimum absolute atomic E-state index is 0.0457. The maximum Gasteiger partial charge on any atom is 0.246 e. The van der Waals surface area contributed by atoms with Crippen LogP contribution in [-0.2, 0) is 4.79 Å². The zero-order chi connectivity index (χ0) is 14.4. The molecule has 0 spiro atoms. The van der Waals surface area contributed by atoms with Crippen LogP contribution < -0.4 is 0 Å². The molecule has 2 rings (SSSR count). The van der Waals surface area contributed by atoms with E-state index in [0.29, 0.717) is 6.54 Å². The van der Waals surface area contributed by atoms with Crippen molar-refractivity contribution in [1.29, 1.82) is 0 Å². The number of aliphatic hydroxyl groups excluding tert-OH is 1. The Balaban J connectivity index is 1.88. The summed E-state index contributed by atoms with van der Waals surface area (Å²) in [4.78, 5) is 16.1. The lowest BCUT2D eigenvalue weighted by Gasteiger charge is -2.33. The second-order valence-electron chi connectivity index (χ2n) is 4.75. The highest BCUT2D eigenvalue weighted by molar-refractivity contribution is 9.10. The monoisotopic (exact) mass is 338 g/mol. The summed E-state index contributed by atoms with van der Waals surface area (Å²) in [6, 6.07) is 7.82. The number of nitrogens with zero attached hydrogens (tertiary/aromatic N) is 2. The number of carbonyl (C=O) groups excluding carboxylic acids is 1. The van der Waals surface area contributed by atoms with Crippen molar-refractivity contribution in [3.05, 3.63) is 40.4 Å². The summed E-state index contributed by atoms with van der Waals surface area (Å²) in [6.07, 6.45) is 3.47. The lowest BCUT2D eigenvalue weighted by Crippen LogP contribution is -2.48. The van der Waals surface area contributed by atoms with Crippen molar-refractivity contribution < 1.29 is 9.90 Å². The number of hydrogen-bond donors (Lipinski definition) is 1. The first-order valence-corrected chi connectivity index (χ1v) is 7.55. The molecule has 1 N–H and O–H groups in total. The van der Waals surface area contributed by atoms with Gasteiger partial charge in [0.2, 0.25) is 5.91 Å². The van der Waals surface area contributed by atoms with Crippen LogP contribution in [0.5, 0.6) is 0 Å². The highest BCUT2D eigenvalue weighted by Gasteiger charge is 2.18. The summed E-state index contributed by atoms with van der Waals surface area (Å²) in [5.74, 6) is 0.0457. The first kappa shape index (κ1) is 15.2. The highest BCUT2D eigenvalue weighted by atomic mass is 79.9. The first-order valence-electron chi connectivity index (χ1n) is 6.75. The van der Waals surface area contributed by atoms with Gasteiger partial charge >= 0.3 is 0 Å². The molecule has 0 aromatic heterocycles. The van der Waals surface area contributed by atoms with Crippen molar-refractivity contribution >= 4 is 27.9 Å². The fourth-order valence-electron chi connectivity index (χ4n) is 2.21. The average molecular weight is 339 g/mol. The van der Waals surface area contributed by atoms with Gasteiger partial charge in [-0.1, -0.05) is 34.1 Å². The zero-order valence-corrected chi connectivity index (χ0v) is 12.9. The van der Waals surface area contributed by atoms with E-state index in [1.54, 1.807) is 6.08 Å². The fraction of sp³-hybridized carbons (Fsp3) is 0.400. The standard InChI is InChI=1S/C15H19BrN2O2/c16-14-4-2-1-3-13(14)5-6-15(20)18-9-7-17(8-10-18)11-12-19/h1-6,19H,7-12H2/b6-5+. The quantitative estimate of drug-likeness (QED) is 0.848. The van der Waals surface area contributed by atoms with Gasteiger partial charge in [-0.2, -0.15) is 0 Å². The van der Waals surface area contributed by atoms with E-state index < -0.39 is 0 Å². The molecule has 0 aliphatic carbocycles. The van der Waals surface area contributed by atoms with Crippen LogP contribution in [-0.4, -0.2) is 60.1 Å². The maximum atomic E-state index is 12.1. The van der Waals surface area contributed by atoms with Gasteiger partial charge in [0.15, 0.2) is 0 Å². The number of halogens is 1. The second kappa shape index (κ2) is 7.57. The second-order valence-corrected chi connectivity index (χ2v) is 5.60. The normalized spacial score (nSPS) is 16.8. The van der Waals surface area contributed by atoms with Gasteiger partial charge in [-0.25, -0.2) is 0 Å². The van der Waals surface area contributed by atoms with E-state index in [9.17, 15) is 4.79 Å². The van der Waals surface area contributed by atoms with E-state index in [2.05, 4.69) is 20.8 Å². The number of aliphatic hydroxyl groups is 1. The molecule has 1 aromatic carbocycles. The molecular formula is C15H19BrN2O2. The van der Waals surface area contributed by atoms with Crippen LogP contribution in [0.15, 0.2) is 34.8 Å². The number of carbonyl (C=O) groups is 1. The third-order valence-corrected chi connectivity index (χ3v) is 4.13. The van der Waals surface area contributed by atoms with Gasteiger partial charge in [-0.05, 0) is 17.7 Å². The molecule has 4 nitrogen and oxygen atoms in total. The molecule has 0 saturated carbocycles. The van der Waals surface area contributed by atoms with E-state index in [1.165, 1.54) is 0 Å². The van der Waals surface area contributed by atoms with Crippen LogP contribution in [0.2, 0.25) is 0 Å². The SMILES string of the molecule is O=C(/C=C/c1ccccc1Br)N1CCN(CCO)CC1. The molecular weight excluding hydrogens is 320 g/mol. The summed E-state index contributed by atoms with van der Waals surface area (Å²) in [5, 5.41) is 8.89. The van der Waals surface area contributed by atoms with E-state index >= 15 is 0 Å². The molecule has 0 radical (unpaired) electrons. The molecule has 0 bridgehead atoms. The minimum atomic E-state index is 0.0457. The maximum absolute atomic E-state index is 12.1. The van der Waals surface area contributed by atoms with Crippen molar-refractivity contribution in [2.45, 2.75) is 0 Å². The lowest BCUT2D eigenvalue weighted by atomic mass is 10.2. The molecule has 20 heavy (non-hydrogen) atoms. The van der Waals surface area contributed by atoms with Gasteiger partial charge in [0.1, 0.15) is 0 Å². The van der Waals surface area contributed by atoms with Gasteiger partial charge in [0.25, 0.3) is 0 Å². The van der Waals surface area contributed by atoms with Gasteiger partial charge < -0.3 is 10.0 Å². The van der Waals surface area contributed by atoms with Crippen LogP contribution in [0, 0.1) is 0 Å². The number of β-amino-alcohol motifs (C(OH)–C–C–N with tert-alkyl or cyclic N) is 1. The topological polar surface area (TPSA) is 43.8 Å². The Morgan fingerprint density at radius 2 is 1.95 bits per heavy atom. The summed E-state index contributed by atoms with van der Waals surface area (Å²) in [5.41, 5.74) is 1.000. The van der Waals surface area contributed by atoms with Crippen LogP contribution in [0.3, 0.4) is 0 Å². The van der Waals surface area contributed by atoms with Gasteiger partial charge in [0, 0.05) is 43.3 Å². The van der Waals surface area contributed by atoms with E-state index in [1.807, 2.05) is 35.2 Å². The largest absolute Gasteiger partial charge is 0.395 e. The third kappa shape index (κ3) is 4.16. The number of hydrogen-bond acceptors (Lipinski definition) is 3. The zero-order valence-electron chi connectivity index (χ0n) is 11.3. The molecule has 1 aromatic rings. The van der Waals surface area contributed by atoms with Crippen molar-refractivity contribution in [1.82, 2.24) is 9.80 Å². The average Bonchev–Trinajstić information content (AvgIpc) is 2.47. The summed E-state index contributed by atoms with van der Waals surface area (Å²) in [7, 11) is 0. The predicted molar refractivity (Wildman–Crippen MR) is 83.3 cm³/mol. The van der Waals surface area contributed by atoms with Crippen LogP contribution >= 0.6 is 15.9 Å². The number of benzene rings is 1. The predicted octanol–water partition coefficient (Wildman–Crippen LogP) is 1.60. The van der Waals surface area contributed by atoms with Crippen molar-refractivity contribution in [3.63, 3.8) is 0 Å². The van der Waals surface area contributed by atoms with Crippen LogP contribution in [0.4, 0.5) is 0 Å². The Hall–Kier alpha value is -1.17. The van der Waals surface area contributed by atoms with Gasteiger partial charge in [0.05, 0.1) is 6.61 Å². The minimum Gasteiger partial charge on any atom is -0.395 e. The first-order chi connectivity index (χ1) is 9.70. The molecule has 1 saturated heterocycles. The molecule has 0 unspecified atom stereocenters. The Morgan fingerprint density at radius 1 is 1.25 bits per heavy atom. The van der Waals surface area contributed by atoms with Crippen molar-refractivity contribution in [2.24, 2.45) is 0 Å². The van der Waals surface area contributed by atoms with E-state index in [4.69, 9.17) is 5.11 Å². The summed E-state index contributed by atoms with van der Waals surface area (Å²) in [6.45, 7) is 3.97. The molecule has 1 heterocycles. The van der Waals surface area contributed by atoms with Crippen molar-refractivity contribution in [3.8, 4) is 0 Å². The Labute approximate surface area is 127 Å². The van der Waals surface area contributed by atoms with Crippen LogP contribution in [0.25, 0.3) is 6.08 Å². The third-order valence-electron chi connectivity index (χ3n) is 3.41. The number of piperazine rings is 1. The smallest absolute Gasteiger partial charge is 0.246 e. The molecule has 5 heteroatoms.